The van der Waals surface area contributed by atoms with Crippen molar-refractivity contribution in [2.24, 2.45) is 14.1 Å². The van der Waals surface area contributed by atoms with Crippen molar-refractivity contribution in [3.05, 3.63) is 57.4 Å². The van der Waals surface area contributed by atoms with Crippen molar-refractivity contribution in [1.82, 2.24) is 24.5 Å². The standard InChI is InChI=1S/C22H21BrF3N5O/c1-29-18(12-7-4-3-5-8-12)14-11-13-9-6-10-15(17(14)27-29)31(13)21(32)19-16(23)20(22(24,25)26)28-30(19)2/h3-5,7-8,13,15H,6,9-11H2,1-2H3. The third-order valence-corrected chi connectivity index (χ3v) is 7.17. The van der Waals surface area contributed by atoms with E-state index in [1.165, 1.54) is 7.05 Å². The SMILES string of the molecule is Cn1nc(C(F)(F)F)c(Br)c1C(=O)N1C2CCCC1c1nn(C)c(-c3ccccc3)c1C2. The second-order valence-corrected chi connectivity index (χ2v) is 9.14. The summed E-state index contributed by atoms with van der Waals surface area (Å²) >= 11 is 2.99. The first-order valence-electron chi connectivity index (χ1n) is 10.4. The lowest BCUT2D eigenvalue weighted by Gasteiger charge is -2.45. The minimum absolute atomic E-state index is 0.0862. The molecule has 5 rings (SSSR count). The first-order chi connectivity index (χ1) is 15.2. The van der Waals surface area contributed by atoms with Crippen molar-refractivity contribution in [2.75, 3.05) is 0 Å². The molecule has 10 heteroatoms. The van der Waals surface area contributed by atoms with Crippen LogP contribution >= 0.6 is 15.9 Å². The number of nitrogens with zero attached hydrogens (tertiary/aromatic N) is 5. The Balaban J connectivity index is 1.58. The zero-order valence-electron chi connectivity index (χ0n) is 17.5. The number of rotatable bonds is 2. The highest BCUT2D eigenvalue weighted by molar-refractivity contribution is 9.10. The van der Waals surface area contributed by atoms with Crippen molar-refractivity contribution in [2.45, 2.75) is 43.9 Å². The van der Waals surface area contributed by atoms with Gasteiger partial charge < -0.3 is 4.90 Å². The Bertz CT molecular complexity index is 1200. The largest absolute Gasteiger partial charge is 0.436 e. The third-order valence-electron chi connectivity index (χ3n) is 6.42. The van der Waals surface area contributed by atoms with Gasteiger partial charge in [0.2, 0.25) is 0 Å². The van der Waals surface area contributed by atoms with E-state index in [1.807, 2.05) is 42.1 Å². The zero-order chi connectivity index (χ0) is 22.8. The number of benzene rings is 1. The van der Waals surface area contributed by atoms with Crippen LogP contribution in [0.3, 0.4) is 0 Å². The summed E-state index contributed by atoms with van der Waals surface area (Å²) in [6, 6.07) is 9.62. The number of aromatic nitrogens is 4. The van der Waals surface area contributed by atoms with Gasteiger partial charge in [0.15, 0.2) is 5.69 Å². The summed E-state index contributed by atoms with van der Waals surface area (Å²) in [7, 11) is 3.26. The molecular weight excluding hydrogens is 487 g/mol. The molecule has 32 heavy (non-hydrogen) atoms. The van der Waals surface area contributed by atoms with Crippen LogP contribution in [0, 0.1) is 0 Å². The number of piperidine rings is 1. The topological polar surface area (TPSA) is 56.0 Å². The molecule has 2 aromatic heterocycles. The maximum atomic E-state index is 13.6. The summed E-state index contributed by atoms with van der Waals surface area (Å²) in [5.41, 5.74) is 2.88. The quantitative estimate of drug-likeness (QED) is 0.495. The van der Waals surface area contributed by atoms with Gasteiger partial charge in [0, 0.05) is 31.3 Å². The van der Waals surface area contributed by atoms with E-state index >= 15 is 0 Å². The molecule has 3 aromatic rings. The molecule has 2 atom stereocenters. The lowest BCUT2D eigenvalue weighted by molar-refractivity contribution is -0.142. The second kappa shape index (κ2) is 7.47. The van der Waals surface area contributed by atoms with Gasteiger partial charge in [-0.05, 0) is 41.6 Å². The summed E-state index contributed by atoms with van der Waals surface area (Å²) in [6.45, 7) is 0. The fraction of sp³-hybridized carbons (Fsp3) is 0.409. The number of fused-ring (bicyclic) bond motifs is 4. The molecule has 0 saturated carbocycles. The first-order valence-corrected chi connectivity index (χ1v) is 11.2. The summed E-state index contributed by atoms with van der Waals surface area (Å²) in [5, 5.41) is 8.34. The summed E-state index contributed by atoms with van der Waals surface area (Å²) < 4.78 is 42.6. The number of halogens is 4. The Labute approximate surface area is 191 Å². The molecule has 1 fully saturated rings. The number of carbonyl (C=O) groups excluding carboxylic acids is 1. The Morgan fingerprint density at radius 3 is 2.47 bits per heavy atom. The van der Waals surface area contributed by atoms with E-state index in [2.05, 4.69) is 21.0 Å². The minimum atomic E-state index is -4.65. The van der Waals surface area contributed by atoms with Gasteiger partial charge in [0.25, 0.3) is 5.91 Å². The summed E-state index contributed by atoms with van der Waals surface area (Å²) in [6.07, 6.45) is -1.56. The highest BCUT2D eigenvalue weighted by Gasteiger charge is 2.46. The van der Waals surface area contributed by atoms with E-state index in [0.717, 1.165) is 46.5 Å². The number of alkyl halides is 3. The van der Waals surface area contributed by atoms with E-state index in [0.29, 0.717) is 6.42 Å². The molecule has 1 aromatic carbocycles. The molecule has 2 aliphatic rings. The smallest absolute Gasteiger partial charge is 0.325 e. The van der Waals surface area contributed by atoms with Crippen LogP contribution in [0.2, 0.25) is 0 Å². The average molecular weight is 508 g/mol. The fourth-order valence-electron chi connectivity index (χ4n) is 5.14. The molecule has 0 spiro atoms. The first kappa shape index (κ1) is 21.2. The maximum Gasteiger partial charge on any atom is 0.436 e. The molecule has 2 bridgehead atoms. The van der Waals surface area contributed by atoms with Gasteiger partial charge in [0.05, 0.1) is 21.9 Å². The van der Waals surface area contributed by atoms with Crippen LogP contribution in [0.25, 0.3) is 11.3 Å². The molecule has 1 saturated heterocycles. The Hall–Kier alpha value is -2.62. The van der Waals surface area contributed by atoms with Crippen molar-refractivity contribution < 1.29 is 18.0 Å². The molecule has 1 amide bonds. The highest BCUT2D eigenvalue weighted by Crippen LogP contribution is 2.46. The van der Waals surface area contributed by atoms with Crippen LogP contribution in [0.5, 0.6) is 0 Å². The van der Waals surface area contributed by atoms with Gasteiger partial charge in [-0.15, -0.1) is 0 Å². The Morgan fingerprint density at radius 1 is 1.09 bits per heavy atom. The van der Waals surface area contributed by atoms with Crippen LogP contribution in [-0.2, 0) is 26.7 Å². The number of amides is 1. The molecular formula is C22H21BrF3N5O. The van der Waals surface area contributed by atoms with Crippen molar-refractivity contribution in [3.8, 4) is 11.3 Å². The van der Waals surface area contributed by atoms with Crippen LogP contribution in [0.15, 0.2) is 34.8 Å². The molecule has 2 unspecified atom stereocenters. The monoisotopic (exact) mass is 507 g/mol. The Morgan fingerprint density at radius 2 is 1.81 bits per heavy atom. The van der Waals surface area contributed by atoms with Crippen LogP contribution in [-0.4, -0.2) is 36.4 Å². The molecule has 168 valence electrons. The minimum Gasteiger partial charge on any atom is -0.325 e. The third kappa shape index (κ3) is 3.18. The van der Waals surface area contributed by atoms with E-state index < -0.39 is 17.8 Å². The zero-order valence-corrected chi connectivity index (χ0v) is 19.1. The second-order valence-electron chi connectivity index (χ2n) is 8.35. The van der Waals surface area contributed by atoms with Gasteiger partial charge in [-0.3, -0.25) is 14.2 Å². The number of hydrogen-bond acceptors (Lipinski definition) is 3. The van der Waals surface area contributed by atoms with Gasteiger partial charge in [0.1, 0.15) is 5.69 Å². The van der Waals surface area contributed by atoms with Crippen LogP contribution in [0.4, 0.5) is 13.2 Å². The molecule has 0 radical (unpaired) electrons. The number of hydrogen-bond donors (Lipinski definition) is 0. The highest BCUT2D eigenvalue weighted by atomic mass is 79.9. The number of carbonyl (C=O) groups is 1. The predicted octanol–water partition coefficient (Wildman–Crippen LogP) is 4.89. The van der Waals surface area contributed by atoms with Crippen LogP contribution in [0.1, 0.15) is 52.7 Å². The summed E-state index contributed by atoms with van der Waals surface area (Å²) in [5.74, 6) is -0.449. The lowest BCUT2D eigenvalue weighted by Crippen LogP contribution is -2.50. The van der Waals surface area contributed by atoms with Crippen molar-refractivity contribution >= 4 is 21.8 Å². The van der Waals surface area contributed by atoms with Gasteiger partial charge in [-0.2, -0.15) is 23.4 Å². The molecule has 0 N–H and O–H groups in total. The molecule has 2 aliphatic heterocycles. The van der Waals surface area contributed by atoms with Crippen molar-refractivity contribution in [3.63, 3.8) is 0 Å². The van der Waals surface area contributed by atoms with Gasteiger partial charge >= 0.3 is 6.18 Å². The normalized spacial score (nSPS) is 20.4. The van der Waals surface area contributed by atoms with Crippen molar-refractivity contribution in [1.29, 1.82) is 0 Å². The Kier molecular flexibility index (Phi) is 4.96. The predicted molar refractivity (Wildman–Crippen MR) is 115 cm³/mol. The van der Waals surface area contributed by atoms with E-state index in [9.17, 15) is 18.0 Å². The molecule has 0 aliphatic carbocycles. The van der Waals surface area contributed by atoms with Crippen LogP contribution < -0.4 is 0 Å². The number of aryl methyl sites for hydroxylation is 2. The fourth-order valence-corrected chi connectivity index (χ4v) is 5.87. The molecule has 4 heterocycles. The van der Waals surface area contributed by atoms with E-state index in [1.54, 1.807) is 4.90 Å². The molecule has 6 nitrogen and oxygen atoms in total. The van der Waals surface area contributed by atoms with Gasteiger partial charge in [-0.25, -0.2) is 0 Å². The van der Waals surface area contributed by atoms with Gasteiger partial charge in [-0.1, -0.05) is 30.3 Å². The lowest BCUT2D eigenvalue weighted by atomic mass is 9.81. The summed E-state index contributed by atoms with van der Waals surface area (Å²) in [4.78, 5) is 15.3. The van der Waals surface area contributed by atoms with E-state index in [-0.39, 0.29) is 22.3 Å². The average Bonchev–Trinajstić information content (AvgIpc) is 3.23. The maximum absolute atomic E-state index is 13.6. The van der Waals surface area contributed by atoms with E-state index in [4.69, 9.17) is 5.10 Å².